The molecule has 0 radical (unpaired) electrons. The molecule has 25 heavy (non-hydrogen) atoms. The van der Waals surface area contributed by atoms with Gasteiger partial charge in [0.15, 0.2) is 0 Å². The van der Waals surface area contributed by atoms with Gasteiger partial charge in [-0.2, -0.15) is 5.26 Å². The predicted octanol–water partition coefficient (Wildman–Crippen LogP) is 3.90. The van der Waals surface area contributed by atoms with E-state index in [1.54, 1.807) is 0 Å². The summed E-state index contributed by atoms with van der Waals surface area (Å²) in [6, 6.07) is 18.0. The van der Waals surface area contributed by atoms with E-state index in [2.05, 4.69) is 25.2 Å². The van der Waals surface area contributed by atoms with Crippen LogP contribution in [-0.2, 0) is 16.1 Å². The van der Waals surface area contributed by atoms with E-state index in [4.69, 9.17) is 4.74 Å². The largest absolute Gasteiger partial charge is 0.469 e. The Morgan fingerprint density at radius 3 is 2.44 bits per heavy atom. The van der Waals surface area contributed by atoms with Gasteiger partial charge >= 0.3 is 5.97 Å². The molecule has 1 atom stereocenters. The molecule has 0 saturated carbocycles. The lowest BCUT2D eigenvalue weighted by atomic mass is 9.98. The number of methoxy groups -OCH3 is 1. The van der Waals surface area contributed by atoms with Gasteiger partial charge in [0, 0.05) is 12.6 Å². The lowest BCUT2D eigenvalue weighted by molar-refractivity contribution is -0.141. The lowest BCUT2D eigenvalue weighted by Gasteiger charge is -2.21. The molecule has 0 fully saturated rings. The standard InChI is InChI=1S/C21H24N2O2/c1-15(2)20(12-21(24)25-3)23-14-16-8-10-17(11-9-16)19-7-5-4-6-18(19)13-22/h4-11,15,20,23H,12,14H2,1-3H3. The Morgan fingerprint density at radius 2 is 1.84 bits per heavy atom. The topological polar surface area (TPSA) is 62.1 Å². The van der Waals surface area contributed by atoms with Gasteiger partial charge in [0.05, 0.1) is 25.2 Å². The second-order valence-electron chi connectivity index (χ2n) is 6.37. The van der Waals surface area contributed by atoms with Gasteiger partial charge in [-0.15, -0.1) is 0 Å². The molecule has 2 aromatic rings. The van der Waals surface area contributed by atoms with Crippen LogP contribution in [0.3, 0.4) is 0 Å². The zero-order valence-electron chi connectivity index (χ0n) is 15.0. The molecule has 0 aliphatic rings. The number of carbonyl (C=O) groups excluding carboxylic acids is 1. The molecule has 0 heterocycles. The molecule has 0 amide bonds. The third-order valence-electron chi connectivity index (χ3n) is 4.30. The zero-order chi connectivity index (χ0) is 18.2. The Bertz CT molecular complexity index is 745. The van der Waals surface area contributed by atoms with Crippen molar-refractivity contribution in [3.8, 4) is 17.2 Å². The molecule has 0 bridgehead atoms. The summed E-state index contributed by atoms with van der Waals surface area (Å²) in [5.41, 5.74) is 3.77. The highest BCUT2D eigenvalue weighted by Crippen LogP contribution is 2.23. The Hall–Kier alpha value is -2.64. The highest BCUT2D eigenvalue weighted by atomic mass is 16.5. The molecule has 0 aliphatic carbocycles. The monoisotopic (exact) mass is 336 g/mol. The predicted molar refractivity (Wildman–Crippen MR) is 98.7 cm³/mol. The summed E-state index contributed by atoms with van der Waals surface area (Å²) in [5.74, 6) is 0.135. The Morgan fingerprint density at radius 1 is 1.16 bits per heavy atom. The minimum Gasteiger partial charge on any atom is -0.469 e. The van der Waals surface area contributed by atoms with E-state index in [0.29, 0.717) is 24.4 Å². The van der Waals surface area contributed by atoms with Gasteiger partial charge in [0.25, 0.3) is 0 Å². The molecule has 1 N–H and O–H groups in total. The fraction of sp³-hybridized carbons (Fsp3) is 0.333. The normalized spacial score (nSPS) is 11.8. The molecule has 130 valence electrons. The van der Waals surface area contributed by atoms with E-state index in [0.717, 1.165) is 16.7 Å². The van der Waals surface area contributed by atoms with Crippen LogP contribution < -0.4 is 5.32 Å². The fourth-order valence-electron chi connectivity index (χ4n) is 2.69. The van der Waals surface area contributed by atoms with Crippen molar-refractivity contribution >= 4 is 5.97 Å². The van der Waals surface area contributed by atoms with Crippen LogP contribution in [0.5, 0.6) is 0 Å². The molecule has 2 rings (SSSR count). The minimum absolute atomic E-state index is 0.0754. The summed E-state index contributed by atoms with van der Waals surface area (Å²) in [7, 11) is 1.41. The second-order valence-corrected chi connectivity index (χ2v) is 6.37. The average molecular weight is 336 g/mol. The van der Waals surface area contributed by atoms with Crippen LogP contribution in [0.1, 0.15) is 31.4 Å². The van der Waals surface area contributed by atoms with Crippen LogP contribution in [0.15, 0.2) is 48.5 Å². The van der Waals surface area contributed by atoms with Gasteiger partial charge in [-0.25, -0.2) is 0 Å². The zero-order valence-corrected chi connectivity index (χ0v) is 15.0. The van der Waals surface area contributed by atoms with Crippen molar-refractivity contribution in [1.29, 1.82) is 5.26 Å². The maximum atomic E-state index is 11.5. The highest BCUT2D eigenvalue weighted by molar-refractivity contribution is 5.70. The molecular formula is C21H24N2O2. The molecule has 4 nitrogen and oxygen atoms in total. The SMILES string of the molecule is COC(=O)CC(NCc1ccc(-c2ccccc2C#N)cc1)C(C)C. The molecule has 4 heteroatoms. The van der Waals surface area contributed by atoms with Gasteiger partial charge < -0.3 is 10.1 Å². The summed E-state index contributed by atoms with van der Waals surface area (Å²) in [6.45, 7) is 4.85. The number of nitrogens with zero attached hydrogens (tertiary/aromatic N) is 1. The van der Waals surface area contributed by atoms with Crippen molar-refractivity contribution < 1.29 is 9.53 Å². The van der Waals surface area contributed by atoms with Crippen LogP contribution in [0, 0.1) is 17.2 Å². The summed E-state index contributed by atoms with van der Waals surface area (Å²) in [5, 5.41) is 12.7. The molecule has 0 aromatic heterocycles. The molecule has 0 spiro atoms. The molecule has 1 unspecified atom stereocenters. The first-order chi connectivity index (χ1) is 12.0. The summed E-state index contributed by atoms with van der Waals surface area (Å²) >= 11 is 0. The third kappa shape index (κ3) is 5.17. The summed E-state index contributed by atoms with van der Waals surface area (Å²) in [6.07, 6.45) is 0.363. The number of hydrogen-bond acceptors (Lipinski definition) is 4. The average Bonchev–Trinajstić information content (AvgIpc) is 2.65. The summed E-state index contributed by atoms with van der Waals surface area (Å²) in [4.78, 5) is 11.5. The Labute approximate surface area is 149 Å². The van der Waals surface area contributed by atoms with Crippen molar-refractivity contribution in [3.63, 3.8) is 0 Å². The van der Waals surface area contributed by atoms with Crippen molar-refractivity contribution in [2.45, 2.75) is 32.9 Å². The Kier molecular flexibility index (Phi) is 6.73. The van der Waals surface area contributed by atoms with Crippen molar-refractivity contribution in [2.24, 2.45) is 5.92 Å². The van der Waals surface area contributed by atoms with Gasteiger partial charge in [-0.3, -0.25) is 4.79 Å². The molecule has 0 saturated heterocycles. The number of nitriles is 1. The second kappa shape index (κ2) is 9.00. The third-order valence-corrected chi connectivity index (χ3v) is 4.30. The summed E-state index contributed by atoms with van der Waals surface area (Å²) < 4.78 is 4.76. The maximum Gasteiger partial charge on any atom is 0.307 e. The van der Waals surface area contributed by atoms with Gasteiger partial charge in [-0.1, -0.05) is 56.3 Å². The first-order valence-corrected chi connectivity index (χ1v) is 8.43. The van der Waals surface area contributed by atoms with Crippen LogP contribution in [-0.4, -0.2) is 19.1 Å². The lowest BCUT2D eigenvalue weighted by Crippen LogP contribution is -2.35. The number of carbonyl (C=O) groups is 1. The van der Waals surface area contributed by atoms with E-state index in [9.17, 15) is 10.1 Å². The van der Waals surface area contributed by atoms with Crippen molar-refractivity contribution in [1.82, 2.24) is 5.32 Å². The molecular weight excluding hydrogens is 312 g/mol. The number of hydrogen-bond donors (Lipinski definition) is 1. The van der Waals surface area contributed by atoms with E-state index < -0.39 is 0 Å². The van der Waals surface area contributed by atoms with E-state index in [1.165, 1.54) is 7.11 Å². The van der Waals surface area contributed by atoms with E-state index in [-0.39, 0.29) is 12.0 Å². The number of rotatable bonds is 7. The number of ether oxygens (including phenoxy) is 1. The first kappa shape index (κ1) is 18.7. The first-order valence-electron chi connectivity index (χ1n) is 8.43. The van der Waals surface area contributed by atoms with Crippen LogP contribution in [0.4, 0.5) is 0 Å². The van der Waals surface area contributed by atoms with Crippen LogP contribution >= 0.6 is 0 Å². The number of nitrogens with one attached hydrogen (secondary N) is 1. The number of esters is 1. The molecule has 2 aromatic carbocycles. The smallest absolute Gasteiger partial charge is 0.307 e. The Balaban J connectivity index is 2.05. The van der Waals surface area contributed by atoms with E-state index >= 15 is 0 Å². The fourth-order valence-corrected chi connectivity index (χ4v) is 2.69. The van der Waals surface area contributed by atoms with Crippen LogP contribution in [0.25, 0.3) is 11.1 Å². The van der Waals surface area contributed by atoms with Crippen molar-refractivity contribution in [3.05, 3.63) is 59.7 Å². The van der Waals surface area contributed by atoms with Gasteiger partial charge in [0.2, 0.25) is 0 Å². The van der Waals surface area contributed by atoms with Crippen molar-refractivity contribution in [2.75, 3.05) is 7.11 Å². The number of benzene rings is 2. The van der Waals surface area contributed by atoms with Gasteiger partial charge in [0.1, 0.15) is 0 Å². The van der Waals surface area contributed by atoms with E-state index in [1.807, 2.05) is 48.5 Å². The molecule has 0 aliphatic heterocycles. The minimum atomic E-state index is -0.199. The van der Waals surface area contributed by atoms with Gasteiger partial charge in [-0.05, 0) is 28.7 Å². The van der Waals surface area contributed by atoms with Crippen LogP contribution in [0.2, 0.25) is 0 Å². The quantitative estimate of drug-likeness (QED) is 0.779. The highest BCUT2D eigenvalue weighted by Gasteiger charge is 2.17. The maximum absolute atomic E-state index is 11.5.